The van der Waals surface area contributed by atoms with Crippen LogP contribution in [0.5, 0.6) is 0 Å². The molecule has 18 heavy (non-hydrogen) atoms. The molecule has 0 bridgehead atoms. The lowest BCUT2D eigenvalue weighted by molar-refractivity contribution is 0.189. The van der Waals surface area contributed by atoms with E-state index in [0.717, 1.165) is 26.1 Å². The monoisotopic (exact) mass is 244 g/mol. The average molecular weight is 244 g/mol. The van der Waals surface area contributed by atoms with Gasteiger partial charge in [0.25, 0.3) is 0 Å². The summed E-state index contributed by atoms with van der Waals surface area (Å²) in [5.74, 6) is 0. The van der Waals surface area contributed by atoms with Gasteiger partial charge in [0, 0.05) is 25.7 Å². The Morgan fingerprint density at radius 3 is 2.72 bits per heavy atom. The van der Waals surface area contributed by atoms with E-state index in [9.17, 15) is 0 Å². The van der Waals surface area contributed by atoms with Crippen LogP contribution in [-0.4, -0.2) is 31.1 Å². The predicted octanol–water partition coefficient (Wildman–Crippen LogP) is 2.60. The van der Waals surface area contributed by atoms with Crippen molar-refractivity contribution in [1.29, 1.82) is 0 Å². The minimum Gasteiger partial charge on any atom is -0.318 e. The molecule has 0 aromatic heterocycles. The van der Waals surface area contributed by atoms with Crippen LogP contribution in [0.25, 0.3) is 0 Å². The highest BCUT2D eigenvalue weighted by Gasteiger charge is 2.24. The molecule has 1 aromatic rings. The van der Waals surface area contributed by atoms with Gasteiger partial charge in [-0.25, -0.2) is 0 Å². The minimum atomic E-state index is 0.612. The van der Waals surface area contributed by atoms with Gasteiger partial charge in [-0.3, -0.25) is 4.90 Å². The third kappa shape index (κ3) is 3.21. The van der Waals surface area contributed by atoms with Crippen LogP contribution in [0, 0.1) is 0 Å². The Morgan fingerprint density at radius 2 is 2.06 bits per heavy atom. The summed E-state index contributed by atoms with van der Waals surface area (Å²) in [4.78, 5) is 2.58. The molecule has 0 spiro atoms. The van der Waals surface area contributed by atoms with Gasteiger partial charge in [-0.15, -0.1) is 0 Å². The number of nitrogens with zero attached hydrogens (tertiary/aromatic N) is 1. The van der Waals surface area contributed by atoms with Crippen molar-refractivity contribution in [3.05, 3.63) is 47.0 Å². The number of benzene rings is 1. The summed E-state index contributed by atoms with van der Waals surface area (Å²) >= 11 is 0. The van der Waals surface area contributed by atoms with E-state index in [1.165, 1.54) is 16.7 Å². The number of hydrogen-bond donors (Lipinski definition) is 1. The van der Waals surface area contributed by atoms with Crippen LogP contribution in [-0.2, 0) is 13.0 Å². The van der Waals surface area contributed by atoms with Crippen molar-refractivity contribution in [3.8, 4) is 0 Å². The predicted molar refractivity (Wildman–Crippen MR) is 77.7 cm³/mol. The van der Waals surface area contributed by atoms with Crippen molar-refractivity contribution >= 4 is 0 Å². The van der Waals surface area contributed by atoms with Crippen molar-refractivity contribution < 1.29 is 0 Å². The summed E-state index contributed by atoms with van der Waals surface area (Å²) in [5, 5.41) is 3.32. The lowest BCUT2D eigenvalue weighted by atomic mass is 9.94. The maximum atomic E-state index is 3.32. The molecule has 1 atom stereocenters. The molecular weight excluding hydrogens is 220 g/mol. The zero-order valence-corrected chi connectivity index (χ0v) is 11.7. The van der Waals surface area contributed by atoms with Crippen LogP contribution in [0.2, 0.25) is 0 Å². The highest BCUT2D eigenvalue weighted by atomic mass is 15.2. The molecule has 0 saturated carbocycles. The van der Waals surface area contributed by atoms with Crippen LogP contribution in [0.4, 0.5) is 0 Å². The summed E-state index contributed by atoms with van der Waals surface area (Å²) in [7, 11) is 2.04. The number of allylic oxidation sites excluding steroid dienone is 1. The molecule has 1 aliphatic rings. The molecule has 0 amide bonds. The fourth-order valence-corrected chi connectivity index (χ4v) is 2.59. The first-order chi connectivity index (χ1) is 8.70. The SMILES string of the molecule is CNCC1Cc2ccccc2CN1CC=C(C)C. The maximum Gasteiger partial charge on any atom is 0.0267 e. The Kier molecular flexibility index (Phi) is 4.56. The number of fused-ring (bicyclic) bond motifs is 1. The summed E-state index contributed by atoms with van der Waals surface area (Å²) in [6.45, 7) is 7.54. The van der Waals surface area contributed by atoms with Crippen LogP contribution < -0.4 is 5.32 Å². The first-order valence-corrected chi connectivity index (χ1v) is 6.79. The van der Waals surface area contributed by atoms with E-state index in [0.29, 0.717) is 6.04 Å². The molecule has 1 aromatic carbocycles. The van der Waals surface area contributed by atoms with E-state index in [4.69, 9.17) is 0 Å². The standard InChI is InChI=1S/C16H24N2/c1-13(2)8-9-18-12-15-7-5-4-6-14(15)10-16(18)11-17-3/h4-8,16-17H,9-12H2,1-3H3. The Labute approximate surface area is 111 Å². The molecule has 1 unspecified atom stereocenters. The quantitative estimate of drug-likeness (QED) is 0.819. The lowest BCUT2D eigenvalue weighted by Crippen LogP contribution is -2.45. The summed E-state index contributed by atoms with van der Waals surface area (Å²) in [6.07, 6.45) is 3.49. The largest absolute Gasteiger partial charge is 0.318 e. The van der Waals surface area contributed by atoms with E-state index in [-0.39, 0.29) is 0 Å². The molecule has 2 rings (SSSR count). The highest BCUT2D eigenvalue weighted by Crippen LogP contribution is 2.22. The van der Waals surface area contributed by atoms with E-state index < -0.39 is 0 Å². The van der Waals surface area contributed by atoms with Gasteiger partial charge in [0.05, 0.1) is 0 Å². The number of likely N-dealkylation sites (N-methyl/N-ethyl adjacent to an activating group) is 1. The van der Waals surface area contributed by atoms with Gasteiger partial charge < -0.3 is 5.32 Å². The fraction of sp³-hybridized carbons (Fsp3) is 0.500. The zero-order chi connectivity index (χ0) is 13.0. The van der Waals surface area contributed by atoms with E-state index in [1.54, 1.807) is 0 Å². The zero-order valence-electron chi connectivity index (χ0n) is 11.7. The van der Waals surface area contributed by atoms with Gasteiger partial charge >= 0.3 is 0 Å². The molecule has 98 valence electrons. The van der Waals surface area contributed by atoms with E-state index in [1.807, 2.05) is 7.05 Å². The molecule has 2 nitrogen and oxygen atoms in total. The second kappa shape index (κ2) is 6.17. The lowest BCUT2D eigenvalue weighted by Gasteiger charge is -2.36. The highest BCUT2D eigenvalue weighted by molar-refractivity contribution is 5.30. The average Bonchev–Trinajstić information content (AvgIpc) is 2.36. The van der Waals surface area contributed by atoms with Crippen molar-refractivity contribution in [2.75, 3.05) is 20.1 Å². The normalized spacial score (nSPS) is 19.4. The van der Waals surface area contributed by atoms with Crippen molar-refractivity contribution in [3.63, 3.8) is 0 Å². The maximum absolute atomic E-state index is 3.32. The first kappa shape index (κ1) is 13.3. The van der Waals surface area contributed by atoms with Crippen molar-refractivity contribution in [2.45, 2.75) is 32.9 Å². The molecule has 0 saturated heterocycles. The van der Waals surface area contributed by atoms with Crippen LogP contribution in [0.15, 0.2) is 35.9 Å². The second-order valence-corrected chi connectivity index (χ2v) is 5.40. The molecule has 0 radical (unpaired) electrons. The number of nitrogens with one attached hydrogen (secondary N) is 1. The summed E-state index contributed by atoms with van der Waals surface area (Å²) < 4.78 is 0. The van der Waals surface area contributed by atoms with Crippen molar-refractivity contribution in [1.82, 2.24) is 10.2 Å². The minimum absolute atomic E-state index is 0.612. The first-order valence-electron chi connectivity index (χ1n) is 6.79. The van der Waals surface area contributed by atoms with Crippen LogP contribution in [0.1, 0.15) is 25.0 Å². The molecule has 1 N–H and O–H groups in total. The molecule has 1 aliphatic heterocycles. The van der Waals surface area contributed by atoms with Gasteiger partial charge in [0.15, 0.2) is 0 Å². The smallest absolute Gasteiger partial charge is 0.0267 e. The van der Waals surface area contributed by atoms with Gasteiger partial charge in [-0.05, 0) is 38.4 Å². The molecule has 0 fully saturated rings. The fourth-order valence-electron chi connectivity index (χ4n) is 2.59. The molecule has 0 aliphatic carbocycles. The molecular formula is C16H24N2. The third-order valence-corrected chi connectivity index (χ3v) is 3.64. The van der Waals surface area contributed by atoms with Gasteiger partial charge in [-0.1, -0.05) is 35.9 Å². The van der Waals surface area contributed by atoms with Gasteiger partial charge in [0.1, 0.15) is 0 Å². The Balaban J connectivity index is 2.15. The molecule has 1 heterocycles. The molecule has 2 heteroatoms. The summed E-state index contributed by atoms with van der Waals surface area (Å²) in [6, 6.07) is 9.45. The Morgan fingerprint density at radius 1 is 1.33 bits per heavy atom. The summed E-state index contributed by atoms with van der Waals surface area (Å²) in [5.41, 5.74) is 4.41. The van der Waals surface area contributed by atoms with E-state index in [2.05, 4.69) is 54.4 Å². The second-order valence-electron chi connectivity index (χ2n) is 5.40. The van der Waals surface area contributed by atoms with Gasteiger partial charge in [0.2, 0.25) is 0 Å². The van der Waals surface area contributed by atoms with Gasteiger partial charge in [-0.2, -0.15) is 0 Å². The number of hydrogen-bond acceptors (Lipinski definition) is 2. The Hall–Kier alpha value is -1.12. The third-order valence-electron chi connectivity index (χ3n) is 3.64. The number of rotatable bonds is 4. The Bertz CT molecular complexity index is 419. The topological polar surface area (TPSA) is 15.3 Å². The van der Waals surface area contributed by atoms with Crippen LogP contribution >= 0.6 is 0 Å². The van der Waals surface area contributed by atoms with Crippen LogP contribution in [0.3, 0.4) is 0 Å². The van der Waals surface area contributed by atoms with Crippen molar-refractivity contribution in [2.24, 2.45) is 0 Å². The van der Waals surface area contributed by atoms with E-state index >= 15 is 0 Å².